The Morgan fingerprint density at radius 3 is 2.59 bits per heavy atom. The number of hydrogen-bond donors (Lipinski definition) is 1. The lowest BCUT2D eigenvalue weighted by molar-refractivity contribution is -0.130. The van der Waals surface area contributed by atoms with Gasteiger partial charge in [0.2, 0.25) is 0 Å². The lowest BCUT2D eigenvalue weighted by Gasteiger charge is -2.33. The van der Waals surface area contributed by atoms with Gasteiger partial charge < -0.3 is 24.4 Å². The van der Waals surface area contributed by atoms with Crippen LogP contribution in [0.15, 0.2) is 54.6 Å². The molecular formula is C20H22N2O5. The fourth-order valence-electron chi connectivity index (χ4n) is 2.70. The van der Waals surface area contributed by atoms with E-state index in [9.17, 15) is 9.59 Å². The molecule has 0 spiro atoms. The molecule has 1 fully saturated rings. The summed E-state index contributed by atoms with van der Waals surface area (Å²) in [6, 6.07) is 16.4. The largest absolute Gasteiger partial charge is 0.497 e. The fourth-order valence-corrected chi connectivity index (χ4v) is 2.70. The summed E-state index contributed by atoms with van der Waals surface area (Å²) in [5.74, 6) is 1.00. The van der Waals surface area contributed by atoms with E-state index in [1.165, 1.54) is 0 Å². The highest BCUT2D eigenvalue weighted by molar-refractivity contribution is 5.95. The number of benzene rings is 2. The van der Waals surface area contributed by atoms with Gasteiger partial charge in [-0.3, -0.25) is 9.59 Å². The van der Waals surface area contributed by atoms with E-state index in [-0.39, 0.29) is 31.1 Å². The van der Waals surface area contributed by atoms with Crippen LogP contribution in [0.25, 0.3) is 0 Å². The average molecular weight is 370 g/mol. The molecule has 0 aromatic heterocycles. The van der Waals surface area contributed by atoms with Crippen LogP contribution in [0.1, 0.15) is 0 Å². The lowest BCUT2D eigenvalue weighted by Crippen LogP contribution is -2.51. The van der Waals surface area contributed by atoms with Gasteiger partial charge in [-0.15, -0.1) is 0 Å². The molecule has 1 N–H and O–H groups in total. The third kappa shape index (κ3) is 5.21. The molecule has 2 aromatic carbocycles. The first-order chi connectivity index (χ1) is 13.2. The van der Waals surface area contributed by atoms with E-state index in [1.54, 1.807) is 36.3 Å². The molecule has 7 nitrogen and oxygen atoms in total. The van der Waals surface area contributed by atoms with Crippen molar-refractivity contribution in [2.75, 3.05) is 38.3 Å². The first-order valence-electron chi connectivity index (χ1n) is 8.66. The van der Waals surface area contributed by atoms with Gasteiger partial charge in [0.25, 0.3) is 11.8 Å². The van der Waals surface area contributed by atoms with Crippen molar-refractivity contribution in [3.63, 3.8) is 0 Å². The lowest BCUT2D eigenvalue weighted by atomic mass is 10.2. The van der Waals surface area contributed by atoms with E-state index in [2.05, 4.69) is 5.32 Å². The Hall–Kier alpha value is -3.06. The van der Waals surface area contributed by atoms with Crippen LogP contribution in [0.2, 0.25) is 0 Å². The number of ether oxygens (including phenoxy) is 3. The van der Waals surface area contributed by atoms with Crippen molar-refractivity contribution in [2.24, 2.45) is 0 Å². The summed E-state index contributed by atoms with van der Waals surface area (Å²) in [7, 11) is 1.59. The van der Waals surface area contributed by atoms with Gasteiger partial charge in [-0.2, -0.15) is 0 Å². The van der Waals surface area contributed by atoms with Crippen LogP contribution in [0.5, 0.6) is 11.5 Å². The molecule has 2 amide bonds. The number of hydrogen-bond acceptors (Lipinski definition) is 5. The highest BCUT2D eigenvalue weighted by Gasteiger charge is 2.27. The highest BCUT2D eigenvalue weighted by atomic mass is 16.5. The van der Waals surface area contributed by atoms with Gasteiger partial charge >= 0.3 is 0 Å². The fraction of sp³-hybridized carbons (Fsp3) is 0.300. The maximum Gasteiger partial charge on any atom is 0.258 e. The molecule has 1 aliphatic heterocycles. The normalized spacial score (nSPS) is 16.7. The van der Waals surface area contributed by atoms with Crippen LogP contribution in [0.4, 0.5) is 5.69 Å². The molecule has 142 valence electrons. The summed E-state index contributed by atoms with van der Waals surface area (Å²) < 4.78 is 16.1. The first kappa shape index (κ1) is 18.7. The molecular weight excluding hydrogens is 348 g/mol. The first-order valence-corrected chi connectivity index (χ1v) is 8.66. The molecule has 1 aliphatic rings. The number of nitrogens with zero attached hydrogens (tertiary/aromatic N) is 1. The van der Waals surface area contributed by atoms with Crippen molar-refractivity contribution in [3.05, 3.63) is 54.6 Å². The van der Waals surface area contributed by atoms with Crippen LogP contribution >= 0.6 is 0 Å². The Morgan fingerprint density at radius 1 is 1.15 bits per heavy atom. The minimum atomic E-state index is -0.287. The van der Waals surface area contributed by atoms with E-state index >= 15 is 0 Å². The molecule has 0 aliphatic carbocycles. The maximum atomic E-state index is 12.2. The molecule has 1 heterocycles. The van der Waals surface area contributed by atoms with E-state index in [1.807, 2.05) is 30.3 Å². The Balaban J connectivity index is 1.48. The molecule has 1 saturated heterocycles. The monoisotopic (exact) mass is 370 g/mol. The molecule has 27 heavy (non-hydrogen) atoms. The minimum Gasteiger partial charge on any atom is -0.497 e. The second kappa shape index (κ2) is 9.05. The Labute approximate surface area is 157 Å². The van der Waals surface area contributed by atoms with Gasteiger partial charge in [0, 0.05) is 12.2 Å². The van der Waals surface area contributed by atoms with Crippen molar-refractivity contribution >= 4 is 17.5 Å². The maximum absolute atomic E-state index is 12.2. The number of amides is 2. The Kier molecular flexibility index (Phi) is 6.27. The van der Waals surface area contributed by atoms with Crippen LogP contribution in [-0.4, -0.2) is 51.3 Å². The number of nitrogens with one attached hydrogen (secondary N) is 1. The van der Waals surface area contributed by atoms with Crippen LogP contribution < -0.4 is 19.7 Å². The molecule has 0 radical (unpaired) electrons. The standard InChI is InChI=1S/C20H22N2O5/c1-25-16-9-7-15(8-10-16)22-12-18(27-14-20(22)24)11-21-19(23)13-26-17-5-3-2-4-6-17/h2-10,18H,11-14H2,1H3,(H,21,23). The number of anilines is 1. The van der Waals surface area contributed by atoms with Crippen molar-refractivity contribution in [3.8, 4) is 11.5 Å². The summed E-state index contributed by atoms with van der Waals surface area (Å²) >= 11 is 0. The Morgan fingerprint density at radius 2 is 1.89 bits per heavy atom. The number of morpholine rings is 1. The zero-order valence-corrected chi connectivity index (χ0v) is 15.1. The molecule has 0 bridgehead atoms. The SMILES string of the molecule is COc1ccc(N2CC(CNC(=O)COc3ccccc3)OCC2=O)cc1. The van der Waals surface area contributed by atoms with Gasteiger partial charge in [-0.1, -0.05) is 18.2 Å². The molecule has 0 saturated carbocycles. The molecule has 1 atom stereocenters. The second-order valence-corrected chi connectivity index (χ2v) is 6.04. The summed E-state index contributed by atoms with van der Waals surface area (Å²) in [5.41, 5.74) is 0.771. The zero-order chi connectivity index (χ0) is 19.1. The third-order valence-electron chi connectivity index (χ3n) is 4.15. The highest BCUT2D eigenvalue weighted by Crippen LogP contribution is 2.21. The van der Waals surface area contributed by atoms with Crippen LogP contribution in [0, 0.1) is 0 Å². The Bertz CT molecular complexity index is 764. The van der Waals surface area contributed by atoms with Crippen molar-refractivity contribution in [1.29, 1.82) is 0 Å². The van der Waals surface area contributed by atoms with Crippen LogP contribution in [0.3, 0.4) is 0 Å². The molecule has 3 rings (SSSR count). The predicted molar refractivity (Wildman–Crippen MR) is 100 cm³/mol. The second-order valence-electron chi connectivity index (χ2n) is 6.04. The van der Waals surface area contributed by atoms with Gasteiger partial charge in [0.05, 0.1) is 19.8 Å². The van der Waals surface area contributed by atoms with Crippen molar-refractivity contribution in [1.82, 2.24) is 5.32 Å². The molecule has 2 aromatic rings. The van der Waals surface area contributed by atoms with Crippen LogP contribution in [-0.2, 0) is 14.3 Å². The minimum absolute atomic E-state index is 0.0208. The number of para-hydroxylation sites is 1. The zero-order valence-electron chi connectivity index (χ0n) is 15.1. The predicted octanol–water partition coefficient (Wildman–Crippen LogP) is 1.62. The molecule has 7 heteroatoms. The van der Waals surface area contributed by atoms with E-state index < -0.39 is 0 Å². The van der Waals surface area contributed by atoms with E-state index in [0.717, 1.165) is 11.4 Å². The van der Waals surface area contributed by atoms with Gasteiger partial charge in [0.1, 0.15) is 18.1 Å². The molecule has 1 unspecified atom stereocenters. The van der Waals surface area contributed by atoms with Gasteiger partial charge in [-0.05, 0) is 36.4 Å². The summed E-state index contributed by atoms with van der Waals surface area (Å²) in [4.78, 5) is 25.8. The van der Waals surface area contributed by atoms with Crippen molar-refractivity contribution in [2.45, 2.75) is 6.10 Å². The summed E-state index contributed by atoms with van der Waals surface area (Å²) in [5, 5.41) is 2.78. The number of carbonyl (C=O) groups is 2. The number of methoxy groups -OCH3 is 1. The quantitative estimate of drug-likeness (QED) is 0.802. The number of rotatable bonds is 7. The number of carbonyl (C=O) groups excluding carboxylic acids is 2. The smallest absolute Gasteiger partial charge is 0.258 e. The summed E-state index contributed by atoms with van der Waals surface area (Å²) in [6.07, 6.45) is -0.287. The van der Waals surface area contributed by atoms with Gasteiger partial charge in [0.15, 0.2) is 6.61 Å². The average Bonchev–Trinajstić information content (AvgIpc) is 2.72. The van der Waals surface area contributed by atoms with Gasteiger partial charge in [-0.25, -0.2) is 0 Å². The topological polar surface area (TPSA) is 77.1 Å². The van der Waals surface area contributed by atoms with E-state index in [4.69, 9.17) is 14.2 Å². The summed E-state index contributed by atoms with van der Waals surface area (Å²) in [6.45, 7) is 0.576. The van der Waals surface area contributed by atoms with E-state index in [0.29, 0.717) is 18.8 Å². The third-order valence-corrected chi connectivity index (χ3v) is 4.15. The van der Waals surface area contributed by atoms with Crippen molar-refractivity contribution < 1.29 is 23.8 Å².